The van der Waals surface area contributed by atoms with E-state index >= 15 is 0 Å². The van der Waals surface area contributed by atoms with Gasteiger partial charge in [0.05, 0.1) is 13.7 Å². The lowest BCUT2D eigenvalue weighted by Crippen LogP contribution is -2.00. The highest BCUT2D eigenvalue weighted by Crippen LogP contribution is 2.20. The van der Waals surface area contributed by atoms with Crippen molar-refractivity contribution in [1.82, 2.24) is 0 Å². The van der Waals surface area contributed by atoms with E-state index in [1.807, 2.05) is 6.07 Å². The van der Waals surface area contributed by atoms with E-state index in [-0.39, 0.29) is 0 Å². The van der Waals surface area contributed by atoms with Crippen LogP contribution in [0.2, 0.25) is 0 Å². The lowest BCUT2D eigenvalue weighted by molar-refractivity contribution is 0.111. The van der Waals surface area contributed by atoms with Crippen molar-refractivity contribution in [3.63, 3.8) is 0 Å². The molecule has 0 fully saturated rings. The van der Waals surface area contributed by atoms with Crippen LogP contribution < -0.4 is 4.74 Å². The lowest BCUT2D eigenvalue weighted by atomic mass is 10.1. The minimum atomic E-state index is 0.489. The van der Waals surface area contributed by atoms with E-state index in [0.717, 1.165) is 30.6 Å². The minimum absolute atomic E-state index is 0.489. The molecular weight excluding hydrogens is 228 g/mol. The normalized spacial score (nSPS) is 10.7. The highest BCUT2D eigenvalue weighted by atomic mass is 16.5. The molecule has 0 radical (unpaired) electrons. The molecule has 1 aromatic rings. The Bertz CT molecular complexity index is 372. The first-order valence-corrected chi connectivity index (χ1v) is 6.37. The topological polar surface area (TPSA) is 35.5 Å². The largest absolute Gasteiger partial charge is 0.496 e. The number of carbonyl (C=O) groups is 1. The first-order chi connectivity index (χ1) is 8.67. The number of carbonyl (C=O) groups excluding carboxylic acids is 1. The second kappa shape index (κ2) is 7.88. The van der Waals surface area contributed by atoms with Crippen molar-refractivity contribution in [2.45, 2.75) is 33.3 Å². The lowest BCUT2D eigenvalue weighted by Gasteiger charge is -2.10. The van der Waals surface area contributed by atoms with E-state index in [1.165, 1.54) is 6.42 Å². The number of hydrogen-bond donors (Lipinski definition) is 0. The maximum atomic E-state index is 10.7. The van der Waals surface area contributed by atoms with Crippen LogP contribution in [0.15, 0.2) is 18.2 Å². The summed E-state index contributed by atoms with van der Waals surface area (Å²) in [7, 11) is 1.62. The predicted molar refractivity (Wildman–Crippen MR) is 72.1 cm³/mol. The molecule has 100 valence electrons. The fourth-order valence-electron chi connectivity index (χ4n) is 1.76. The van der Waals surface area contributed by atoms with Crippen molar-refractivity contribution in [2.24, 2.45) is 5.92 Å². The third kappa shape index (κ3) is 4.88. The van der Waals surface area contributed by atoms with Crippen molar-refractivity contribution in [2.75, 3.05) is 13.7 Å². The molecule has 1 rings (SSSR count). The maximum Gasteiger partial charge on any atom is 0.150 e. The van der Waals surface area contributed by atoms with Gasteiger partial charge in [0.1, 0.15) is 12.0 Å². The molecule has 1 aromatic carbocycles. The zero-order chi connectivity index (χ0) is 13.4. The molecule has 0 bridgehead atoms. The van der Waals surface area contributed by atoms with Crippen molar-refractivity contribution in [3.8, 4) is 5.75 Å². The van der Waals surface area contributed by atoms with Crippen molar-refractivity contribution < 1.29 is 14.3 Å². The summed E-state index contributed by atoms with van der Waals surface area (Å²) in [6, 6.07) is 5.36. The summed E-state index contributed by atoms with van der Waals surface area (Å²) in [6.07, 6.45) is 3.07. The summed E-state index contributed by atoms with van der Waals surface area (Å²) < 4.78 is 10.9. The Kier molecular flexibility index (Phi) is 6.44. The molecule has 3 heteroatoms. The van der Waals surface area contributed by atoms with E-state index < -0.39 is 0 Å². The highest BCUT2D eigenvalue weighted by molar-refractivity contribution is 5.75. The molecule has 0 unspecified atom stereocenters. The molecular formula is C15H22O3. The van der Waals surface area contributed by atoms with Crippen LogP contribution in [0.25, 0.3) is 0 Å². The van der Waals surface area contributed by atoms with Gasteiger partial charge in [-0.3, -0.25) is 4.79 Å². The fraction of sp³-hybridized carbons (Fsp3) is 0.533. The van der Waals surface area contributed by atoms with E-state index in [9.17, 15) is 4.79 Å². The summed E-state index contributed by atoms with van der Waals surface area (Å²) in [6.45, 7) is 5.64. The number of hydrogen-bond acceptors (Lipinski definition) is 3. The molecule has 0 heterocycles. The Hall–Kier alpha value is -1.35. The summed E-state index contributed by atoms with van der Waals surface area (Å²) in [5.74, 6) is 1.48. The number of aldehydes is 1. The van der Waals surface area contributed by atoms with Crippen molar-refractivity contribution in [3.05, 3.63) is 29.3 Å². The molecule has 0 atom stereocenters. The van der Waals surface area contributed by atoms with Gasteiger partial charge in [0.15, 0.2) is 0 Å². The summed E-state index contributed by atoms with van der Waals surface area (Å²) >= 11 is 0. The van der Waals surface area contributed by atoms with E-state index in [2.05, 4.69) is 13.8 Å². The number of ether oxygens (including phenoxy) is 2. The van der Waals surface area contributed by atoms with E-state index in [0.29, 0.717) is 18.1 Å². The predicted octanol–water partition coefficient (Wildman–Crippen LogP) is 3.46. The van der Waals surface area contributed by atoms with Crippen LogP contribution in [-0.4, -0.2) is 20.0 Å². The molecule has 0 spiro atoms. The first-order valence-electron chi connectivity index (χ1n) is 6.37. The molecule has 0 N–H and O–H groups in total. The standard InChI is InChI=1S/C15H22O3/c1-12(2)5-4-8-18-11-14-9-13(10-16)6-7-15(14)17-3/h6-7,9-10,12H,4-5,8,11H2,1-3H3. The first kappa shape index (κ1) is 14.7. The summed E-state index contributed by atoms with van der Waals surface area (Å²) in [4.78, 5) is 10.7. The molecule has 0 amide bonds. The molecule has 0 aliphatic rings. The van der Waals surface area contributed by atoms with Gasteiger partial charge in [-0.05, 0) is 37.0 Å². The van der Waals surface area contributed by atoms with Gasteiger partial charge in [0, 0.05) is 17.7 Å². The van der Waals surface area contributed by atoms with Gasteiger partial charge < -0.3 is 9.47 Å². The van der Waals surface area contributed by atoms with Gasteiger partial charge in [0.2, 0.25) is 0 Å². The Labute approximate surface area is 109 Å². The third-order valence-corrected chi connectivity index (χ3v) is 2.77. The molecule has 0 aliphatic carbocycles. The highest BCUT2D eigenvalue weighted by Gasteiger charge is 2.04. The van der Waals surface area contributed by atoms with Crippen LogP contribution in [0.3, 0.4) is 0 Å². The number of rotatable bonds is 8. The Morgan fingerprint density at radius 3 is 2.72 bits per heavy atom. The summed E-state index contributed by atoms with van der Waals surface area (Å²) in [5, 5.41) is 0. The maximum absolute atomic E-state index is 10.7. The van der Waals surface area contributed by atoms with Crippen LogP contribution in [-0.2, 0) is 11.3 Å². The van der Waals surface area contributed by atoms with Gasteiger partial charge in [-0.15, -0.1) is 0 Å². The second-order valence-corrected chi connectivity index (χ2v) is 4.78. The fourth-order valence-corrected chi connectivity index (χ4v) is 1.76. The zero-order valence-electron chi connectivity index (χ0n) is 11.4. The van der Waals surface area contributed by atoms with Crippen LogP contribution >= 0.6 is 0 Å². The summed E-state index contributed by atoms with van der Waals surface area (Å²) in [5.41, 5.74) is 1.57. The molecule has 0 aromatic heterocycles. The van der Waals surface area contributed by atoms with E-state index in [1.54, 1.807) is 19.2 Å². The van der Waals surface area contributed by atoms with Gasteiger partial charge in [0.25, 0.3) is 0 Å². The number of benzene rings is 1. The average molecular weight is 250 g/mol. The van der Waals surface area contributed by atoms with Gasteiger partial charge in [-0.1, -0.05) is 13.8 Å². The zero-order valence-corrected chi connectivity index (χ0v) is 11.4. The van der Waals surface area contributed by atoms with Crippen LogP contribution in [0.5, 0.6) is 5.75 Å². The number of methoxy groups -OCH3 is 1. The second-order valence-electron chi connectivity index (χ2n) is 4.78. The molecule has 0 saturated heterocycles. The molecule has 18 heavy (non-hydrogen) atoms. The van der Waals surface area contributed by atoms with E-state index in [4.69, 9.17) is 9.47 Å². The van der Waals surface area contributed by atoms with Gasteiger partial charge >= 0.3 is 0 Å². The monoisotopic (exact) mass is 250 g/mol. The quantitative estimate of drug-likeness (QED) is 0.523. The smallest absolute Gasteiger partial charge is 0.150 e. The van der Waals surface area contributed by atoms with Gasteiger partial charge in [-0.2, -0.15) is 0 Å². The molecule has 0 aliphatic heterocycles. The van der Waals surface area contributed by atoms with Crippen LogP contribution in [0.4, 0.5) is 0 Å². The Morgan fingerprint density at radius 2 is 2.11 bits per heavy atom. The third-order valence-electron chi connectivity index (χ3n) is 2.77. The van der Waals surface area contributed by atoms with Crippen molar-refractivity contribution >= 4 is 6.29 Å². The molecule has 0 saturated carbocycles. The minimum Gasteiger partial charge on any atom is -0.496 e. The van der Waals surface area contributed by atoms with Crippen LogP contribution in [0, 0.1) is 5.92 Å². The Morgan fingerprint density at radius 1 is 1.33 bits per heavy atom. The molecule has 3 nitrogen and oxygen atoms in total. The van der Waals surface area contributed by atoms with Crippen molar-refractivity contribution in [1.29, 1.82) is 0 Å². The SMILES string of the molecule is COc1ccc(C=O)cc1COCCCC(C)C. The van der Waals surface area contributed by atoms with Gasteiger partial charge in [-0.25, -0.2) is 0 Å². The Balaban J connectivity index is 2.47. The average Bonchev–Trinajstić information content (AvgIpc) is 2.37. The van der Waals surface area contributed by atoms with Crippen LogP contribution in [0.1, 0.15) is 42.6 Å².